The van der Waals surface area contributed by atoms with Gasteiger partial charge in [-0.15, -0.1) is 0 Å². The highest BCUT2D eigenvalue weighted by Gasteiger charge is 2.28. The monoisotopic (exact) mass is 312 g/mol. The molecule has 0 fully saturated rings. The summed E-state index contributed by atoms with van der Waals surface area (Å²) in [5, 5.41) is 8.36. The third-order valence-corrected chi connectivity index (χ3v) is 4.00. The van der Waals surface area contributed by atoms with Gasteiger partial charge in [-0.3, -0.25) is 0 Å². The Bertz CT molecular complexity index is 608. The number of sulfonamides is 1. The van der Waals surface area contributed by atoms with Gasteiger partial charge in [0, 0.05) is 6.54 Å². The molecule has 4 nitrogen and oxygen atoms in total. The van der Waals surface area contributed by atoms with Gasteiger partial charge in [0.25, 0.3) is 0 Å². The van der Waals surface area contributed by atoms with Gasteiger partial charge in [-0.25, -0.2) is 13.1 Å². The fraction of sp³-hybridized carbons (Fsp3) is 0.300. The van der Waals surface area contributed by atoms with Crippen LogP contribution in [0.3, 0.4) is 0 Å². The second-order valence-electron chi connectivity index (χ2n) is 3.52. The minimum Gasteiger partial charge on any atom is -0.211 e. The van der Waals surface area contributed by atoms with Crippen molar-refractivity contribution < 1.29 is 21.6 Å². The second kappa shape index (κ2) is 5.77. The van der Waals surface area contributed by atoms with Crippen molar-refractivity contribution in [2.75, 3.05) is 6.54 Å². The van der Waals surface area contributed by atoms with Gasteiger partial charge in [0.2, 0.25) is 10.0 Å². The van der Waals surface area contributed by atoms with Gasteiger partial charge in [-0.05, 0) is 18.2 Å². The van der Waals surface area contributed by atoms with Crippen LogP contribution in [0.5, 0.6) is 0 Å². The van der Waals surface area contributed by atoms with Crippen LogP contribution in [0.1, 0.15) is 12.0 Å². The number of alkyl halides is 3. The first-order chi connectivity index (χ1) is 8.65. The Labute approximate surface area is 112 Å². The summed E-state index contributed by atoms with van der Waals surface area (Å²) < 4.78 is 60.9. The Morgan fingerprint density at radius 3 is 2.47 bits per heavy atom. The number of hydrogen-bond donors (Lipinski definition) is 1. The average Bonchev–Trinajstić information content (AvgIpc) is 2.26. The van der Waals surface area contributed by atoms with E-state index in [1.807, 2.05) is 0 Å². The van der Waals surface area contributed by atoms with Crippen LogP contribution in [-0.4, -0.2) is 21.1 Å². The molecule has 0 radical (unpaired) electrons. The van der Waals surface area contributed by atoms with Crippen molar-refractivity contribution in [3.05, 3.63) is 28.8 Å². The quantitative estimate of drug-likeness (QED) is 0.928. The number of hydrogen-bond acceptors (Lipinski definition) is 3. The van der Waals surface area contributed by atoms with E-state index in [0.717, 1.165) is 12.1 Å². The molecule has 9 heteroatoms. The third-order valence-electron chi connectivity index (χ3n) is 2.05. The van der Waals surface area contributed by atoms with Crippen molar-refractivity contribution in [1.82, 2.24) is 4.72 Å². The van der Waals surface area contributed by atoms with Crippen LogP contribution < -0.4 is 4.72 Å². The lowest BCUT2D eigenvalue weighted by Crippen LogP contribution is -2.28. The number of nitriles is 1. The van der Waals surface area contributed by atoms with Crippen LogP contribution >= 0.6 is 11.6 Å². The first-order valence-corrected chi connectivity index (χ1v) is 6.78. The second-order valence-corrected chi connectivity index (χ2v) is 5.66. The number of benzene rings is 1. The Morgan fingerprint density at radius 1 is 1.37 bits per heavy atom. The summed E-state index contributed by atoms with van der Waals surface area (Å²) >= 11 is 5.67. The summed E-state index contributed by atoms with van der Waals surface area (Å²) in [6.07, 6.45) is -5.73. The molecule has 0 heterocycles. The zero-order valence-corrected chi connectivity index (χ0v) is 10.9. The zero-order chi connectivity index (χ0) is 14.7. The van der Waals surface area contributed by atoms with Gasteiger partial charge in [-0.2, -0.15) is 18.4 Å². The van der Waals surface area contributed by atoms with E-state index in [2.05, 4.69) is 0 Å². The average molecular weight is 313 g/mol. The lowest BCUT2D eigenvalue weighted by atomic mass is 10.2. The molecule has 1 N–H and O–H groups in total. The third kappa shape index (κ3) is 4.70. The number of rotatable bonds is 4. The maximum absolute atomic E-state index is 11.9. The number of nitrogens with one attached hydrogen (secondary N) is 1. The molecule has 1 aromatic carbocycles. The molecular weight excluding hydrogens is 305 g/mol. The first kappa shape index (κ1) is 15.8. The Balaban J connectivity index is 2.87. The Kier molecular flexibility index (Phi) is 4.79. The predicted octanol–water partition coefficient (Wildman–Crippen LogP) is 2.44. The van der Waals surface area contributed by atoms with E-state index < -0.39 is 29.2 Å². The summed E-state index contributed by atoms with van der Waals surface area (Å²) in [5.41, 5.74) is 0.152. The molecule has 1 rings (SSSR count). The Hall–Kier alpha value is -1.30. The van der Waals surface area contributed by atoms with E-state index in [1.165, 1.54) is 6.07 Å². The Morgan fingerprint density at radius 2 is 2.00 bits per heavy atom. The van der Waals surface area contributed by atoms with Crippen molar-refractivity contribution >= 4 is 21.6 Å². The van der Waals surface area contributed by atoms with E-state index >= 15 is 0 Å². The first-order valence-electron chi connectivity index (χ1n) is 4.92. The molecule has 0 bridgehead atoms. The van der Waals surface area contributed by atoms with Crippen LogP contribution in [0.25, 0.3) is 0 Å². The van der Waals surface area contributed by atoms with Crippen LogP contribution in [-0.2, 0) is 10.0 Å². The summed E-state index contributed by atoms with van der Waals surface area (Å²) in [7, 11) is -4.13. The van der Waals surface area contributed by atoms with Gasteiger partial charge in [0.05, 0.1) is 23.1 Å². The largest absolute Gasteiger partial charge is 0.390 e. The topological polar surface area (TPSA) is 70.0 Å². The van der Waals surface area contributed by atoms with E-state index in [0.29, 0.717) is 0 Å². The van der Waals surface area contributed by atoms with Crippen molar-refractivity contribution in [2.45, 2.75) is 17.5 Å². The summed E-state index contributed by atoms with van der Waals surface area (Å²) in [4.78, 5) is -0.365. The molecule has 0 aliphatic carbocycles. The van der Waals surface area contributed by atoms with Crippen molar-refractivity contribution in [2.24, 2.45) is 0 Å². The molecule has 104 valence electrons. The van der Waals surface area contributed by atoms with Crippen LogP contribution in [0.4, 0.5) is 13.2 Å². The molecular formula is C10H8ClF3N2O2S. The highest BCUT2D eigenvalue weighted by Crippen LogP contribution is 2.23. The standard InChI is InChI=1S/C10H8ClF3N2O2S/c11-8-5-7(6-15)1-2-9(8)19(17,18)16-4-3-10(12,13)14/h1-2,5,16H,3-4H2. The molecule has 0 amide bonds. The van der Waals surface area contributed by atoms with Crippen molar-refractivity contribution in [1.29, 1.82) is 5.26 Å². The van der Waals surface area contributed by atoms with Gasteiger partial charge >= 0.3 is 6.18 Å². The SMILES string of the molecule is N#Cc1ccc(S(=O)(=O)NCCC(F)(F)F)c(Cl)c1. The molecule has 0 saturated carbocycles. The fourth-order valence-corrected chi connectivity index (χ4v) is 2.77. The molecule has 0 aliphatic rings. The van der Waals surface area contributed by atoms with Crippen molar-refractivity contribution in [3.63, 3.8) is 0 Å². The lowest BCUT2D eigenvalue weighted by molar-refractivity contribution is -0.132. The molecule has 19 heavy (non-hydrogen) atoms. The van der Waals surface area contributed by atoms with Crippen LogP contribution in [0.15, 0.2) is 23.1 Å². The molecule has 0 aliphatic heterocycles. The van der Waals surface area contributed by atoms with E-state index in [9.17, 15) is 21.6 Å². The highest BCUT2D eigenvalue weighted by molar-refractivity contribution is 7.89. The molecule has 0 atom stereocenters. The minimum absolute atomic E-state index is 0.152. The van der Waals surface area contributed by atoms with Gasteiger partial charge in [-0.1, -0.05) is 11.6 Å². The maximum Gasteiger partial charge on any atom is 0.390 e. The molecule has 0 spiro atoms. The van der Waals surface area contributed by atoms with E-state index in [1.54, 1.807) is 10.8 Å². The van der Waals surface area contributed by atoms with Crippen LogP contribution in [0.2, 0.25) is 5.02 Å². The zero-order valence-electron chi connectivity index (χ0n) is 9.33. The lowest BCUT2D eigenvalue weighted by Gasteiger charge is -2.09. The van der Waals surface area contributed by atoms with Gasteiger partial charge in [0.1, 0.15) is 4.90 Å². The minimum atomic E-state index is -4.45. The maximum atomic E-state index is 11.9. The molecule has 1 aromatic rings. The van der Waals surface area contributed by atoms with Gasteiger partial charge in [0.15, 0.2) is 0 Å². The predicted molar refractivity (Wildman–Crippen MR) is 62.0 cm³/mol. The number of halogens is 4. The summed E-state index contributed by atoms with van der Waals surface area (Å²) in [6.45, 7) is -0.776. The summed E-state index contributed by atoms with van der Waals surface area (Å²) in [5.74, 6) is 0. The smallest absolute Gasteiger partial charge is 0.211 e. The molecule has 0 unspecified atom stereocenters. The summed E-state index contributed by atoms with van der Waals surface area (Å²) in [6, 6.07) is 5.16. The fourth-order valence-electron chi connectivity index (χ4n) is 1.19. The van der Waals surface area contributed by atoms with Gasteiger partial charge < -0.3 is 0 Å². The van der Waals surface area contributed by atoms with Crippen LogP contribution in [0, 0.1) is 11.3 Å². The number of nitrogens with zero attached hydrogens (tertiary/aromatic N) is 1. The van der Waals surface area contributed by atoms with E-state index in [4.69, 9.17) is 16.9 Å². The highest BCUT2D eigenvalue weighted by atomic mass is 35.5. The van der Waals surface area contributed by atoms with E-state index in [-0.39, 0.29) is 15.5 Å². The molecule has 0 aromatic heterocycles. The normalized spacial score (nSPS) is 12.2. The van der Waals surface area contributed by atoms with Crippen molar-refractivity contribution in [3.8, 4) is 6.07 Å². The molecule has 0 saturated heterocycles.